The molecule has 0 radical (unpaired) electrons. The highest BCUT2D eigenvalue weighted by atomic mass is 35.5. The number of halogens is 2. The van der Waals surface area contributed by atoms with Crippen molar-refractivity contribution in [3.05, 3.63) is 58.9 Å². The lowest BCUT2D eigenvalue weighted by atomic mass is 10.2. The zero-order valence-corrected chi connectivity index (χ0v) is 16.9. The molecule has 27 heavy (non-hydrogen) atoms. The van der Waals surface area contributed by atoms with Crippen molar-refractivity contribution in [2.24, 2.45) is 0 Å². The van der Waals surface area contributed by atoms with Crippen LogP contribution in [-0.4, -0.2) is 31.4 Å². The van der Waals surface area contributed by atoms with Gasteiger partial charge in [-0.25, -0.2) is 4.39 Å². The zero-order chi connectivity index (χ0) is 19.6. The molecule has 2 aromatic rings. The Balaban J connectivity index is 1.76. The van der Waals surface area contributed by atoms with Crippen LogP contribution >= 0.6 is 23.4 Å². The lowest BCUT2D eigenvalue weighted by Crippen LogP contribution is -2.39. The first-order valence-electron chi connectivity index (χ1n) is 8.64. The molecule has 1 atom stereocenters. The number of benzene rings is 2. The molecule has 0 aliphatic rings. The van der Waals surface area contributed by atoms with Gasteiger partial charge >= 0.3 is 0 Å². The van der Waals surface area contributed by atoms with Crippen LogP contribution < -0.4 is 14.8 Å². The zero-order valence-electron chi connectivity index (χ0n) is 15.3. The van der Waals surface area contributed by atoms with Crippen LogP contribution in [0.5, 0.6) is 11.5 Å². The molecule has 0 saturated carbocycles. The molecule has 0 spiro atoms. The van der Waals surface area contributed by atoms with Crippen molar-refractivity contribution in [1.82, 2.24) is 5.32 Å². The summed E-state index contributed by atoms with van der Waals surface area (Å²) < 4.78 is 24.6. The Bertz CT molecular complexity index is 740. The molecule has 146 valence electrons. The largest absolute Gasteiger partial charge is 0.497 e. The summed E-state index contributed by atoms with van der Waals surface area (Å²) in [6.07, 6.45) is -0.0378. The van der Waals surface area contributed by atoms with E-state index in [-0.39, 0.29) is 11.7 Å². The third-order valence-electron chi connectivity index (χ3n) is 3.84. The Kier molecular flexibility index (Phi) is 8.75. The average molecular weight is 412 g/mol. The summed E-state index contributed by atoms with van der Waals surface area (Å²) in [5.74, 6) is 1.87. The Labute approximate surface area is 168 Å². The molecule has 2 rings (SSSR count). The quantitative estimate of drug-likeness (QED) is 0.576. The number of nitrogens with one attached hydrogen (secondary N) is 1. The number of rotatable bonds is 10. The van der Waals surface area contributed by atoms with Gasteiger partial charge in [-0.2, -0.15) is 11.8 Å². The fourth-order valence-corrected chi connectivity index (χ4v) is 3.56. The normalized spacial score (nSPS) is 11.7. The van der Waals surface area contributed by atoms with Crippen LogP contribution in [0.3, 0.4) is 0 Å². The molecule has 1 amide bonds. The van der Waals surface area contributed by atoms with E-state index in [0.29, 0.717) is 46.6 Å². The summed E-state index contributed by atoms with van der Waals surface area (Å²) in [5.41, 5.74) is 0.489. The highest BCUT2D eigenvalue weighted by Crippen LogP contribution is 2.24. The first-order valence-corrected chi connectivity index (χ1v) is 10.2. The van der Waals surface area contributed by atoms with Crippen molar-refractivity contribution in [2.75, 3.05) is 19.4 Å². The lowest BCUT2D eigenvalue weighted by molar-refractivity contribution is -0.127. The van der Waals surface area contributed by atoms with Crippen LogP contribution in [0.4, 0.5) is 4.39 Å². The first kappa shape index (κ1) is 21.4. The maximum atomic E-state index is 13.7. The van der Waals surface area contributed by atoms with Gasteiger partial charge in [-0.05, 0) is 30.7 Å². The van der Waals surface area contributed by atoms with Gasteiger partial charge in [0.1, 0.15) is 17.3 Å². The summed E-state index contributed by atoms with van der Waals surface area (Å²) in [6, 6.07) is 11.8. The average Bonchev–Trinajstić information content (AvgIpc) is 2.67. The Hall–Kier alpha value is -1.92. The van der Waals surface area contributed by atoms with Crippen molar-refractivity contribution in [1.29, 1.82) is 0 Å². The van der Waals surface area contributed by atoms with E-state index < -0.39 is 6.10 Å². The Morgan fingerprint density at radius 3 is 2.70 bits per heavy atom. The molecule has 2 aromatic carbocycles. The van der Waals surface area contributed by atoms with E-state index in [1.165, 1.54) is 17.8 Å². The van der Waals surface area contributed by atoms with Gasteiger partial charge in [-0.3, -0.25) is 4.79 Å². The van der Waals surface area contributed by atoms with E-state index >= 15 is 0 Å². The van der Waals surface area contributed by atoms with Crippen molar-refractivity contribution in [3.63, 3.8) is 0 Å². The molecular formula is C20H23ClFNO3S. The van der Waals surface area contributed by atoms with Crippen molar-refractivity contribution in [3.8, 4) is 11.5 Å². The van der Waals surface area contributed by atoms with E-state index in [2.05, 4.69) is 5.32 Å². The number of carbonyl (C=O) groups excluding carboxylic acids is 1. The van der Waals surface area contributed by atoms with Gasteiger partial charge in [-0.1, -0.05) is 30.7 Å². The van der Waals surface area contributed by atoms with Gasteiger partial charge in [-0.15, -0.1) is 0 Å². The minimum atomic E-state index is -0.580. The topological polar surface area (TPSA) is 47.6 Å². The van der Waals surface area contributed by atoms with E-state index in [0.717, 1.165) is 0 Å². The smallest absolute Gasteiger partial charge is 0.261 e. The minimum Gasteiger partial charge on any atom is -0.497 e. The minimum absolute atomic E-state index is 0.176. The van der Waals surface area contributed by atoms with Gasteiger partial charge in [0.2, 0.25) is 0 Å². The molecule has 0 unspecified atom stereocenters. The van der Waals surface area contributed by atoms with Gasteiger partial charge < -0.3 is 14.8 Å². The summed E-state index contributed by atoms with van der Waals surface area (Å²) in [5, 5.41) is 3.28. The molecule has 0 aliphatic heterocycles. The van der Waals surface area contributed by atoms with E-state index in [9.17, 15) is 9.18 Å². The first-order chi connectivity index (χ1) is 13.0. The second-order valence-corrected chi connectivity index (χ2v) is 7.25. The number of hydrogen-bond acceptors (Lipinski definition) is 4. The van der Waals surface area contributed by atoms with E-state index in [4.69, 9.17) is 21.1 Å². The maximum absolute atomic E-state index is 13.7. The standard InChI is InChI=1S/C20H23ClFNO3S/c1-3-19(26-15-7-4-6-14(12-15)25-2)20(24)23-10-11-27-13-16-17(21)8-5-9-18(16)22/h4-9,12,19H,3,10-11,13H2,1-2H3,(H,23,24)/t19-/m1/s1. The highest BCUT2D eigenvalue weighted by Gasteiger charge is 2.18. The Morgan fingerprint density at radius 2 is 2.00 bits per heavy atom. The molecule has 0 aliphatic carbocycles. The van der Waals surface area contributed by atoms with Crippen molar-refractivity contribution < 1.29 is 18.7 Å². The SMILES string of the molecule is CC[C@@H](Oc1cccc(OC)c1)C(=O)NCCSCc1c(F)cccc1Cl. The van der Waals surface area contributed by atoms with Crippen molar-refractivity contribution >= 4 is 29.3 Å². The molecule has 0 saturated heterocycles. The summed E-state index contributed by atoms with van der Waals surface area (Å²) >= 11 is 7.51. The molecular weight excluding hydrogens is 389 g/mol. The predicted octanol–water partition coefficient (Wildman–Crippen LogP) is 4.69. The van der Waals surface area contributed by atoms with E-state index in [1.54, 1.807) is 31.4 Å². The second-order valence-electron chi connectivity index (χ2n) is 5.74. The molecule has 4 nitrogen and oxygen atoms in total. The van der Waals surface area contributed by atoms with Crippen LogP contribution in [-0.2, 0) is 10.5 Å². The monoisotopic (exact) mass is 411 g/mol. The van der Waals surface area contributed by atoms with E-state index in [1.807, 2.05) is 19.1 Å². The Morgan fingerprint density at radius 1 is 1.26 bits per heavy atom. The van der Waals surface area contributed by atoms with Crippen LogP contribution in [0.25, 0.3) is 0 Å². The van der Waals surface area contributed by atoms with Gasteiger partial charge in [0.25, 0.3) is 5.91 Å². The van der Waals surface area contributed by atoms with Crippen LogP contribution in [0.15, 0.2) is 42.5 Å². The van der Waals surface area contributed by atoms with Gasteiger partial charge in [0, 0.05) is 34.7 Å². The van der Waals surface area contributed by atoms with Gasteiger partial charge in [0.05, 0.1) is 7.11 Å². The third-order valence-corrected chi connectivity index (χ3v) is 5.18. The van der Waals surface area contributed by atoms with Crippen LogP contribution in [0.2, 0.25) is 5.02 Å². The molecule has 0 bridgehead atoms. The molecule has 0 aromatic heterocycles. The van der Waals surface area contributed by atoms with Crippen LogP contribution in [0.1, 0.15) is 18.9 Å². The number of hydrogen-bond donors (Lipinski definition) is 1. The fraction of sp³-hybridized carbons (Fsp3) is 0.350. The van der Waals surface area contributed by atoms with Gasteiger partial charge in [0.15, 0.2) is 6.10 Å². The number of methoxy groups -OCH3 is 1. The summed E-state index contributed by atoms with van der Waals surface area (Å²) in [6.45, 7) is 2.35. The number of ether oxygens (including phenoxy) is 2. The fourth-order valence-electron chi connectivity index (χ4n) is 2.37. The lowest BCUT2D eigenvalue weighted by Gasteiger charge is -2.17. The predicted molar refractivity (Wildman–Crippen MR) is 108 cm³/mol. The summed E-state index contributed by atoms with van der Waals surface area (Å²) in [4.78, 5) is 12.3. The third kappa shape index (κ3) is 6.63. The number of amides is 1. The van der Waals surface area contributed by atoms with Crippen molar-refractivity contribution in [2.45, 2.75) is 25.2 Å². The maximum Gasteiger partial charge on any atom is 0.261 e. The molecule has 0 fully saturated rings. The second kappa shape index (κ2) is 11.0. The number of carbonyl (C=O) groups is 1. The molecule has 7 heteroatoms. The molecule has 0 heterocycles. The number of thioether (sulfide) groups is 1. The highest BCUT2D eigenvalue weighted by molar-refractivity contribution is 7.98. The van der Waals surface area contributed by atoms with Crippen LogP contribution in [0, 0.1) is 5.82 Å². The molecule has 1 N–H and O–H groups in total. The summed E-state index contributed by atoms with van der Waals surface area (Å²) in [7, 11) is 1.58.